The second kappa shape index (κ2) is 5.25. The first-order valence-corrected chi connectivity index (χ1v) is 5.83. The quantitative estimate of drug-likeness (QED) is 0.740. The Morgan fingerprint density at radius 1 is 1.18 bits per heavy atom. The van der Waals surface area contributed by atoms with Crippen molar-refractivity contribution in [2.45, 2.75) is 38.2 Å². The summed E-state index contributed by atoms with van der Waals surface area (Å²) in [5.74, 6) is -2.27. The van der Waals surface area contributed by atoms with Crippen molar-refractivity contribution >= 4 is 5.97 Å². The summed E-state index contributed by atoms with van der Waals surface area (Å²) in [5.41, 5.74) is -0.197. The number of halogens is 2. The second-order valence-electron chi connectivity index (χ2n) is 4.29. The highest BCUT2D eigenvalue weighted by Gasteiger charge is 2.20. The van der Waals surface area contributed by atoms with E-state index in [-0.39, 0.29) is 11.7 Å². The fraction of sp³-hybridized carbons (Fsp3) is 0.462. The van der Waals surface area contributed by atoms with Gasteiger partial charge in [-0.3, -0.25) is 0 Å². The standard InChI is InChI=1S/C13H14F2O2/c14-9-6-7-11(12(15)8-9)13(16)17-10-4-2-1-3-5-10/h6-8,10H,1-5H2. The van der Waals surface area contributed by atoms with Crippen LogP contribution in [0.2, 0.25) is 0 Å². The Labute approximate surface area is 98.6 Å². The van der Waals surface area contributed by atoms with Gasteiger partial charge in [-0.25, -0.2) is 13.6 Å². The largest absolute Gasteiger partial charge is 0.459 e. The van der Waals surface area contributed by atoms with Crippen molar-refractivity contribution in [1.82, 2.24) is 0 Å². The van der Waals surface area contributed by atoms with E-state index < -0.39 is 17.6 Å². The van der Waals surface area contributed by atoms with Crippen LogP contribution in [-0.2, 0) is 4.74 Å². The number of hydrogen-bond donors (Lipinski definition) is 0. The molecule has 0 heterocycles. The van der Waals surface area contributed by atoms with Crippen LogP contribution in [0.15, 0.2) is 18.2 Å². The SMILES string of the molecule is O=C(OC1CCCCC1)c1ccc(F)cc1F. The Morgan fingerprint density at radius 3 is 2.53 bits per heavy atom. The molecule has 0 spiro atoms. The molecule has 0 atom stereocenters. The van der Waals surface area contributed by atoms with Gasteiger partial charge in [-0.2, -0.15) is 0 Å². The van der Waals surface area contributed by atoms with Crippen LogP contribution in [-0.4, -0.2) is 12.1 Å². The van der Waals surface area contributed by atoms with E-state index in [0.717, 1.165) is 44.2 Å². The molecule has 1 aromatic carbocycles. The zero-order chi connectivity index (χ0) is 12.3. The van der Waals surface area contributed by atoms with Crippen LogP contribution in [0, 0.1) is 11.6 Å². The smallest absolute Gasteiger partial charge is 0.341 e. The van der Waals surface area contributed by atoms with Crippen molar-refractivity contribution in [3.05, 3.63) is 35.4 Å². The average Bonchev–Trinajstić information content (AvgIpc) is 2.30. The van der Waals surface area contributed by atoms with Crippen LogP contribution < -0.4 is 0 Å². The Balaban J connectivity index is 2.03. The van der Waals surface area contributed by atoms with Crippen LogP contribution in [0.3, 0.4) is 0 Å². The van der Waals surface area contributed by atoms with Gasteiger partial charge in [-0.05, 0) is 37.8 Å². The molecule has 1 fully saturated rings. The van der Waals surface area contributed by atoms with E-state index in [9.17, 15) is 13.6 Å². The third kappa shape index (κ3) is 3.02. The van der Waals surface area contributed by atoms with Gasteiger partial charge in [0.2, 0.25) is 0 Å². The van der Waals surface area contributed by atoms with Crippen LogP contribution in [0.1, 0.15) is 42.5 Å². The molecule has 0 N–H and O–H groups in total. The number of ether oxygens (including phenoxy) is 1. The minimum atomic E-state index is -0.870. The van der Waals surface area contributed by atoms with Gasteiger partial charge in [0.25, 0.3) is 0 Å². The molecule has 1 aromatic rings. The molecule has 0 saturated heterocycles. The molecule has 0 unspecified atom stereocenters. The van der Waals surface area contributed by atoms with E-state index in [2.05, 4.69) is 0 Å². The van der Waals surface area contributed by atoms with E-state index in [1.807, 2.05) is 0 Å². The van der Waals surface area contributed by atoms with Crippen LogP contribution >= 0.6 is 0 Å². The molecule has 1 aliphatic carbocycles. The molecule has 92 valence electrons. The van der Waals surface area contributed by atoms with Gasteiger partial charge in [-0.1, -0.05) is 6.42 Å². The third-order valence-corrected chi connectivity index (χ3v) is 2.98. The van der Waals surface area contributed by atoms with Gasteiger partial charge < -0.3 is 4.74 Å². The lowest BCUT2D eigenvalue weighted by Crippen LogP contribution is -2.21. The van der Waals surface area contributed by atoms with Crippen LogP contribution in [0.4, 0.5) is 8.78 Å². The lowest BCUT2D eigenvalue weighted by molar-refractivity contribution is 0.0206. The monoisotopic (exact) mass is 240 g/mol. The molecule has 0 radical (unpaired) electrons. The number of carbonyl (C=O) groups excluding carboxylic acids is 1. The first-order chi connectivity index (χ1) is 8.16. The summed E-state index contributed by atoms with van der Waals surface area (Å²) in [5, 5.41) is 0. The number of hydrogen-bond acceptors (Lipinski definition) is 2. The predicted octanol–water partition coefficient (Wildman–Crippen LogP) is 3.45. The third-order valence-electron chi connectivity index (χ3n) is 2.98. The topological polar surface area (TPSA) is 26.3 Å². The van der Waals surface area contributed by atoms with Crippen LogP contribution in [0.25, 0.3) is 0 Å². The summed E-state index contributed by atoms with van der Waals surface area (Å²) in [6.07, 6.45) is 4.75. The van der Waals surface area contributed by atoms with Gasteiger partial charge in [0.15, 0.2) is 0 Å². The van der Waals surface area contributed by atoms with Gasteiger partial charge in [0.05, 0.1) is 5.56 Å². The summed E-state index contributed by atoms with van der Waals surface area (Å²) in [6.45, 7) is 0. The van der Waals surface area contributed by atoms with E-state index in [1.54, 1.807) is 0 Å². The molecule has 2 rings (SSSR count). The molecular weight excluding hydrogens is 226 g/mol. The molecule has 1 aliphatic rings. The Morgan fingerprint density at radius 2 is 1.88 bits per heavy atom. The maximum absolute atomic E-state index is 13.3. The van der Waals surface area contributed by atoms with Gasteiger partial charge in [0.1, 0.15) is 17.7 Å². The summed E-state index contributed by atoms with van der Waals surface area (Å²) in [6, 6.07) is 2.87. The van der Waals surface area contributed by atoms with Crippen molar-refractivity contribution in [3.63, 3.8) is 0 Å². The highest BCUT2D eigenvalue weighted by atomic mass is 19.1. The Hall–Kier alpha value is -1.45. The maximum atomic E-state index is 13.3. The van der Waals surface area contributed by atoms with Gasteiger partial charge in [0, 0.05) is 6.07 Å². The lowest BCUT2D eigenvalue weighted by atomic mass is 9.98. The van der Waals surface area contributed by atoms with Crippen molar-refractivity contribution < 1.29 is 18.3 Å². The van der Waals surface area contributed by atoms with Crippen molar-refractivity contribution in [3.8, 4) is 0 Å². The van der Waals surface area contributed by atoms with E-state index >= 15 is 0 Å². The summed E-state index contributed by atoms with van der Waals surface area (Å²) in [4.78, 5) is 11.7. The molecule has 0 aliphatic heterocycles. The van der Waals surface area contributed by atoms with Gasteiger partial charge >= 0.3 is 5.97 Å². The van der Waals surface area contributed by atoms with Crippen molar-refractivity contribution in [1.29, 1.82) is 0 Å². The molecule has 2 nitrogen and oxygen atoms in total. The molecule has 17 heavy (non-hydrogen) atoms. The van der Waals surface area contributed by atoms with Crippen molar-refractivity contribution in [2.24, 2.45) is 0 Å². The molecular formula is C13H14F2O2. The van der Waals surface area contributed by atoms with Crippen LogP contribution in [0.5, 0.6) is 0 Å². The van der Waals surface area contributed by atoms with Gasteiger partial charge in [-0.15, -0.1) is 0 Å². The number of carbonyl (C=O) groups is 1. The minimum absolute atomic E-state index is 0.124. The highest BCUT2D eigenvalue weighted by molar-refractivity contribution is 5.89. The average molecular weight is 240 g/mol. The molecule has 0 aromatic heterocycles. The first kappa shape index (κ1) is 12.0. The normalized spacial score (nSPS) is 16.8. The zero-order valence-electron chi connectivity index (χ0n) is 9.42. The molecule has 4 heteroatoms. The number of rotatable bonds is 2. The van der Waals surface area contributed by atoms with E-state index in [0.29, 0.717) is 6.07 Å². The minimum Gasteiger partial charge on any atom is -0.459 e. The molecule has 0 amide bonds. The first-order valence-electron chi connectivity index (χ1n) is 5.83. The predicted molar refractivity (Wildman–Crippen MR) is 58.6 cm³/mol. The zero-order valence-corrected chi connectivity index (χ0v) is 9.42. The Kier molecular flexibility index (Phi) is 3.71. The highest BCUT2D eigenvalue weighted by Crippen LogP contribution is 2.22. The second-order valence-corrected chi connectivity index (χ2v) is 4.29. The maximum Gasteiger partial charge on any atom is 0.341 e. The summed E-state index contributed by atoms with van der Waals surface area (Å²) < 4.78 is 31.2. The fourth-order valence-electron chi connectivity index (χ4n) is 2.05. The van der Waals surface area contributed by atoms with E-state index in [1.165, 1.54) is 0 Å². The molecule has 1 saturated carbocycles. The van der Waals surface area contributed by atoms with Crippen molar-refractivity contribution in [2.75, 3.05) is 0 Å². The fourth-order valence-corrected chi connectivity index (χ4v) is 2.05. The summed E-state index contributed by atoms with van der Waals surface area (Å²) in [7, 11) is 0. The van der Waals surface area contributed by atoms with E-state index in [4.69, 9.17) is 4.74 Å². The Bertz CT molecular complexity index is 412. The summed E-state index contributed by atoms with van der Waals surface area (Å²) >= 11 is 0. The molecule has 0 bridgehead atoms. The number of esters is 1. The number of benzene rings is 1. The lowest BCUT2D eigenvalue weighted by Gasteiger charge is -2.21.